The Morgan fingerprint density at radius 2 is 1.70 bits per heavy atom. The summed E-state index contributed by atoms with van der Waals surface area (Å²) in [4.78, 5) is 40.5. The van der Waals surface area contributed by atoms with Gasteiger partial charge in [-0.2, -0.15) is 18.4 Å². The van der Waals surface area contributed by atoms with Crippen molar-refractivity contribution < 1.29 is 41.8 Å². The van der Waals surface area contributed by atoms with E-state index < -0.39 is 46.5 Å². The lowest BCUT2D eigenvalue weighted by Gasteiger charge is -2.32. The van der Waals surface area contributed by atoms with Crippen molar-refractivity contribution in [3.8, 4) is 11.8 Å². The predicted octanol–water partition coefficient (Wildman–Crippen LogP) is 4.83. The minimum Gasteiger partial charge on any atom is -0.428 e. The van der Waals surface area contributed by atoms with E-state index in [2.05, 4.69) is 0 Å². The van der Waals surface area contributed by atoms with Gasteiger partial charge in [-0.3, -0.25) is 4.79 Å². The van der Waals surface area contributed by atoms with Crippen molar-refractivity contribution >= 4 is 23.8 Å². The molecule has 0 radical (unpaired) electrons. The summed E-state index contributed by atoms with van der Waals surface area (Å²) in [5.41, 5.74) is -4.52. The summed E-state index contributed by atoms with van der Waals surface area (Å²) < 4.78 is 56.0. The van der Waals surface area contributed by atoms with Gasteiger partial charge in [0.25, 0.3) is 5.91 Å². The number of amides is 3. The Bertz CT molecular complexity index is 1260. The number of likely N-dealkylation sites (N-methyl/N-ethyl adjacent to an activating group) is 1. The number of imide groups is 1. The Morgan fingerprint density at radius 3 is 2.22 bits per heavy atom. The second-order valence-corrected chi connectivity index (χ2v) is 9.21. The Labute approximate surface area is 210 Å². The molecule has 1 heterocycles. The van der Waals surface area contributed by atoms with E-state index in [4.69, 9.17) is 19.5 Å². The van der Waals surface area contributed by atoms with Gasteiger partial charge in [0.15, 0.2) is 5.54 Å². The van der Waals surface area contributed by atoms with Crippen LogP contribution in [0.1, 0.15) is 37.5 Å². The van der Waals surface area contributed by atoms with E-state index >= 15 is 0 Å². The molecule has 1 aliphatic rings. The maximum atomic E-state index is 13.7. The maximum Gasteiger partial charge on any atom is 0.514 e. The largest absolute Gasteiger partial charge is 0.514 e. The summed E-state index contributed by atoms with van der Waals surface area (Å²) in [7, 11) is 2.62. The van der Waals surface area contributed by atoms with Crippen LogP contribution >= 0.6 is 0 Å². The quantitative estimate of drug-likeness (QED) is 0.316. The number of hydrogen-bond acceptors (Lipinski definition) is 7. The number of alkyl halides is 3. The number of hydrogen-bond donors (Lipinski definition) is 0. The number of methoxy groups -OCH3 is 1. The lowest BCUT2D eigenvalue weighted by molar-refractivity contribution is -0.137. The Morgan fingerprint density at radius 1 is 1.08 bits per heavy atom. The highest BCUT2D eigenvalue weighted by Gasteiger charge is 2.58. The molecule has 1 unspecified atom stereocenters. The zero-order valence-corrected chi connectivity index (χ0v) is 20.7. The molecule has 1 saturated heterocycles. The minimum absolute atomic E-state index is 0.101. The van der Waals surface area contributed by atoms with Crippen molar-refractivity contribution in [1.82, 2.24) is 4.90 Å². The molecule has 0 N–H and O–H groups in total. The van der Waals surface area contributed by atoms with Crippen LogP contribution in [0.4, 0.5) is 28.4 Å². The van der Waals surface area contributed by atoms with Gasteiger partial charge < -0.3 is 19.1 Å². The molecule has 1 aliphatic heterocycles. The third kappa shape index (κ3) is 5.22. The zero-order chi connectivity index (χ0) is 27.8. The number of carbonyl (C=O) groups excluding carboxylic acids is 3. The molecule has 1 fully saturated rings. The van der Waals surface area contributed by atoms with Gasteiger partial charge >= 0.3 is 18.4 Å². The van der Waals surface area contributed by atoms with E-state index in [0.29, 0.717) is 11.0 Å². The smallest absolute Gasteiger partial charge is 0.428 e. The third-order valence-electron chi connectivity index (χ3n) is 5.57. The summed E-state index contributed by atoms with van der Waals surface area (Å²) in [5, 5.41) is 9.06. The number of benzene rings is 2. The molecule has 196 valence electrons. The molecular formula is C25H24F3N3O6. The molecule has 0 aromatic heterocycles. The van der Waals surface area contributed by atoms with E-state index in [1.54, 1.807) is 20.8 Å². The highest BCUT2D eigenvalue weighted by Crippen LogP contribution is 2.41. The highest BCUT2D eigenvalue weighted by molar-refractivity contribution is 6.23. The van der Waals surface area contributed by atoms with Crippen molar-refractivity contribution in [2.75, 3.05) is 25.7 Å². The molecule has 0 spiro atoms. The van der Waals surface area contributed by atoms with Crippen LogP contribution in [-0.4, -0.2) is 49.4 Å². The molecule has 2 aromatic rings. The number of rotatable bonds is 5. The molecular weight excluding hydrogens is 495 g/mol. The lowest BCUT2D eigenvalue weighted by Crippen LogP contribution is -2.48. The summed E-state index contributed by atoms with van der Waals surface area (Å²) in [6.07, 6.45) is -5.82. The van der Waals surface area contributed by atoms with Crippen molar-refractivity contribution in [1.29, 1.82) is 5.26 Å². The van der Waals surface area contributed by atoms with Gasteiger partial charge in [-0.1, -0.05) is 12.1 Å². The first kappa shape index (κ1) is 27.5. The predicted molar refractivity (Wildman–Crippen MR) is 124 cm³/mol. The number of anilines is 1. The first-order valence-corrected chi connectivity index (χ1v) is 10.9. The van der Waals surface area contributed by atoms with Gasteiger partial charge in [-0.25, -0.2) is 14.5 Å². The monoisotopic (exact) mass is 519 g/mol. The second kappa shape index (κ2) is 9.74. The molecule has 3 amide bonds. The van der Waals surface area contributed by atoms with E-state index in [9.17, 15) is 27.6 Å². The molecule has 12 heteroatoms. The minimum atomic E-state index is -4.88. The van der Waals surface area contributed by atoms with Crippen molar-refractivity contribution in [3.05, 3.63) is 59.2 Å². The number of halogens is 3. The van der Waals surface area contributed by atoms with Crippen LogP contribution in [0.2, 0.25) is 0 Å². The van der Waals surface area contributed by atoms with E-state index in [1.165, 1.54) is 44.5 Å². The zero-order valence-electron chi connectivity index (χ0n) is 20.7. The van der Waals surface area contributed by atoms with E-state index in [-0.39, 0.29) is 23.6 Å². The van der Waals surface area contributed by atoms with Crippen LogP contribution < -0.4 is 9.64 Å². The van der Waals surface area contributed by atoms with Crippen LogP contribution in [-0.2, 0) is 26.0 Å². The van der Waals surface area contributed by atoms with Gasteiger partial charge in [-0.15, -0.1) is 0 Å². The number of carbonyl (C=O) groups is 3. The average molecular weight is 519 g/mol. The summed E-state index contributed by atoms with van der Waals surface area (Å²) in [6, 6.07) is 8.78. The summed E-state index contributed by atoms with van der Waals surface area (Å²) in [5.74, 6) is -0.760. The maximum absolute atomic E-state index is 13.7. The average Bonchev–Trinajstić information content (AvgIpc) is 2.98. The van der Waals surface area contributed by atoms with Gasteiger partial charge in [0.05, 0.1) is 29.5 Å². The van der Waals surface area contributed by atoms with Crippen LogP contribution in [0.5, 0.6) is 5.75 Å². The molecule has 3 rings (SSSR count). The molecule has 9 nitrogen and oxygen atoms in total. The molecule has 0 bridgehead atoms. The SMILES string of the molecule is COCC1(c2ccc(OC(=O)OC(C)(C)C)cc2)C(=O)N(c2ccc(C#N)c(C(F)(F)F)c2)C(=O)N1C. The van der Waals surface area contributed by atoms with Gasteiger partial charge in [0, 0.05) is 14.2 Å². The first-order chi connectivity index (χ1) is 17.2. The van der Waals surface area contributed by atoms with Gasteiger partial charge in [0.1, 0.15) is 11.4 Å². The second-order valence-electron chi connectivity index (χ2n) is 9.21. The molecule has 0 aliphatic carbocycles. The molecule has 1 atom stereocenters. The molecule has 0 saturated carbocycles. The van der Waals surface area contributed by atoms with E-state index in [0.717, 1.165) is 17.0 Å². The summed E-state index contributed by atoms with van der Waals surface area (Å²) in [6.45, 7) is 4.68. The number of nitrogens with zero attached hydrogens (tertiary/aromatic N) is 3. The fraction of sp³-hybridized carbons (Fsp3) is 0.360. The highest BCUT2D eigenvalue weighted by atomic mass is 19.4. The third-order valence-corrected chi connectivity index (χ3v) is 5.57. The standard InChI is InChI=1S/C25H24F3N3O6/c1-23(2,3)37-22(34)36-18-10-7-16(8-11-18)24(14-35-5)20(32)31(21(33)30(24)4)17-9-6-15(13-29)19(12-17)25(26,27)28/h6-12H,14H2,1-5H3. The van der Waals surface area contributed by atoms with Crippen molar-refractivity contribution in [2.24, 2.45) is 0 Å². The van der Waals surface area contributed by atoms with Crippen molar-refractivity contribution in [2.45, 2.75) is 38.1 Å². The Kier molecular flexibility index (Phi) is 7.23. The fourth-order valence-corrected chi connectivity index (χ4v) is 3.89. The van der Waals surface area contributed by atoms with Crippen LogP contribution in [0.25, 0.3) is 0 Å². The summed E-state index contributed by atoms with van der Waals surface area (Å²) >= 11 is 0. The van der Waals surface area contributed by atoms with Gasteiger partial charge in [-0.05, 0) is 56.7 Å². The Hall–Kier alpha value is -4.11. The fourth-order valence-electron chi connectivity index (χ4n) is 3.89. The van der Waals surface area contributed by atoms with Gasteiger partial charge in [0.2, 0.25) is 0 Å². The van der Waals surface area contributed by atoms with Crippen LogP contribution in [0, 0.1) is 11.3 Å². The van der Waals surface area contributed by atoms with Crippen LogP contribution in [0.3, 0.4) is 0 Å². The Balaban J connectivity index is 2.02. The number of nitriles is 1. The van der Waals surface area contributed by atoms with E-state index in [1.807, 2.05) is 0 Å². The topological polar surface area (TPSA) is 109 Å². The number of urea groups is 1. The van der Waals surface area contributed by atoms with Crippen molar-refractivity contribution in [3.63, 3.8) is 0 Å². The number of ether oxygens (including phenoxy) is 3. The lowest BCUT2D eigenvalue weighted by atomic mass is 9.89. The first-order valence-electron chi connectivity index (χ1n) is 10.9. The normalized spacial score (nSPS) is 18.1. The van der Waals surface area contributed by atoms with Crippen LogP contribution in [0.15, 0.2) is 42.5 Å². The molecule has 37 heavy (non-hydrogen) atoms. The molecule has 2 aromatic carbocycles.